The number of likely N-dealkylation sites (tertiary alicyclic amines) is 1. The summed E-state index contributed by atoms with van der Waals surface area (Å²) in [7, 11) is -3.02. The Morgan fingerprint density at radius 1 is 1.07 bits per heavy atom. The number of hydrogen-bond donors (Lipinski definition) is 1. The summed E-state index contributed by atoms with van der Waals surface area (Å²) in [6.45, 7) is 1.20. The molecular weight excluding hydrogens is 439 g/mol. The van der Waals surface area contributed by atoms with Gasteiger partial charge >= 0.3 is 5.97 Å². The van der Waals surface area contributed by atoms with E-state index in [1.165, 1.54) is 37.4 Å². The van der Waals surface area contributed by atoms with Crippen molar-refractivity contribution < 1.29 is 22.7 Å². The van der Waals surface area contributed by atoms with Gasteiger partial charge in [-0.05, 0) is 49.2 Å². The van der Waals surface area contributed by atoms with Gasteiger partial charge in [-0.3, -0.25) is 9.52 Å². The molecule has 154 valence electrons. The number of ether oxygens (including phenoxy) is 1. The molecule has 0 saturated carbocycles. The van der Waals surface area contributed by atoms with Crippen LogP contribution in [0.1, 0.15) is 33.6 Å². The fourth-order valence-corrected chi connectivity index (χ4v) is 4.81. The van der Waals surface area contributed by atoms with Crippen LogP contribution in [0.25, 0.3) is 0 Å². The van der Waals surface area contributed by atoms with Crippen LogP contribution >= 0.6 is 23.2 Å². The molecule has 7 nitrogen and oxygen atoms in total. The number of nitrogens with one attached hydrogen (secondary N) is 1. The quantitative estimate of drug-likeness (QED) is 0.690. The summed E-state index contributed by atoms with van der Waals surface area (Å²) in [6, 6.07) is 8.09. The SMILES string of the molecule is COC(=O)c1ccc(Cl)c(S(=O)(=O)Nc2ccc(Cl)cc2C(=O)N2CCCC2)c1. The number of carbonyl (C=O) groups excluding carboxylic acids is 2. The summed E-state index contributed by atoms with van der Waals surface area (Å²) < 4.78 is 32.9. The van der Waals surface area contributed by atoms with Gasteiger partial charge in [0.2, 0.25) is 0 Å². The molecule has 2 aromatic carbocycles. The molecular formula is C19H18Cl2N2O5S. The molecule has 1 aliphatic heterocycles. The van der Waals surface area contributed by atoms with E-state index in [0.29, 0.717) is 18.1 Å². The van der Waals surface area contributed by atoms with Gasteiger partial charge in [0.05, 0.1) is 28.9 Å². The second kappa shape index (κ2) is 8.61. The first-order valence-corrected chi connectivity index (χ1v) is 11.0. The van der Waals surface area contributed by atoms with Gasteiger partial charge in [0.1, 0.15) is 4.90 Å². The van der Waals surface area contributed by atoms with E-state index in [-0.39, 0.29) is 32.6 Å². The molecule has 2 aromatic rings. The molecule has 29 heavy (non-hydrogen) atoms. The van der Waals surface area contributed by atoms with Gasteiger partial charge in [-0.1, -0.05) is 23.2 Å². The zero-order valence-corrected chi connectivity index (χ0v) is 17.8. The maximum Gasteiger partial charge on any atom is 0.337 e. The minimum Gasteiger partial charge on any atom is -0.465 e. The largest absolute Gasteiger partial charge is 0.465 e. The smallest absolute Gasteiger partial charge is 0.337 e. The molecule has 3 rings (SSSR count). The molecule has 1 amide bonds. The van der Waals surface area contributed by atoms with Crippen molar-refractivity contribution in [2.45, 2.75) is 17.7 Å². The molecule has 0 atom stereocenters. The van der Waals surface area contributed by atoms with E-state index in [1.807, 2.05) is 0 Å². The average molecular weight is 457 g/mol. The van der Waals surface area contributed by atoms with E-state index < -0.39 is 16.0 Å². The molecule has 0 aliphatic carbocycles. The first kappa shape index (κ1) is 21.4. The van der Waals surface area contributed by atoms with E-state index in [9.17, 15) is 18.0 Å². The van der Waals surface area contributed by atoms with Crippen LogP contribution in [0.2, 0.25) is 10.0 Å². The Kier molecular flexibility index (Phi) is 6.36. The third-order valence-electron chi connectivity index (χ3n) is 4.49. The van der Waals surface area contributed by atoms with E-state index in [4.69, 9.17) is 23.2 Å². The number of hydrogen-bond acceptors (Lipinski definition) is 5. The van der Waals surface area contributed by atoms with Crippen molar-refractivity contribution in [2.24, 2.45) is 0 Å². The number of carbonyl (C=O) groups is 2. The molecule has 1 saturated heterocycles. The molecule has 1 fully saturated rings. The number of benzene rings is 2. The number of amides is 1. The van der Waals surface area contributed by atoms with Crippen molar-refractivity contribution in [3.63, 3.8) is 0 Å². The Morgan fingerprint density at radius 3 is 2.41 bits per heavy atom. The fraction of sp³-hybridized carbons (Fsp3) is 0.263. The molecule has 0 spiro atoms. The predicted octanol–water partition coefficient (Wildman–Crippen LogP) is 3.82. The molecule has 1 N–H and O–H groups in total. The van der Waals surface area contributed by atoms with Gasteiger partial charge in [0, 0.05) is 18.1 Å². The highest BCUT2D eigenvalue weighted by atomic mass is 35.5. The van der Waals surface area contributed by atoms with Gasteiger partial charge in [-0.2, -0.15) is 0 Å². The predicted molar refractivity (Wildman–Crippen MR) is 110 cm³/mol. The Morgan fingerprint density at radius 2 is 1.76 bits per heavy atom. The molecule has 0 bridgehead atoms. The van der Waals surface area contributed by atoms with Crippen LogP contribution in [-0.2, 0) is 14.8 Å². The van der Waals surface area contributed by atoms with Gasteiger partial charge in [-0.15, -0.1) is 0 Å². The lowest BCUT2D eigenvalue weighted by molar-refractivity contribution is 0.0600. The number of anilines is 1. The zero-order chi connectivity index (χ0) is 21.2. The lowest BCUT2D eigenvalue weighted by Gasteiger charge is -2.19. The van der Waals surface area contributed by atoms with E-state index in [1.54, 1.807) is 4.90 Å². The third kappa shape index (κ3) is 4.66. The van der Waals surface area contributed by atoms with Crippen LogP contribution < -0.4 is 4.72 Å². The number of nitrogens with zero attached hydrogens (tertiary/aromatic N) is 1. The summed E-state index contributed by atoms with van der Waals surface area (Å²) in [6.07, 6.45) is 1.78. The van der Waals surface area contributed by atoms with Gasteiger partial charge in [0.15, 0.2) is 0 Å². The standard InChI is InChI=1S/C19H18Cl2N2O5S/c1-28-19(25)12-4-6-15(21)17(10-12)29(26,27)22-16-7-5-13(20)11-14(16)18(24)23-8-2-3-9-23/h4-7,10-11,22H,2-3,8-9H2,1H3. The van der Waals surface area contributed by atoms with Gasteiger partial charge in [-0.25, -0.2) is 13.2 Å². The lowest BCUT2D eigenvalue weighted by Crippen LogP contribution is -2.29. The van der Waals surface area contributed by atoms with Crippen molar-refractivity contribution in [2.75, 3.05) is 24.9 Å². The summed E-state index contributed by atoms with van der Waals surface area (Å²) in [5, 5.41) is 0.229. The maximum absolute atomic E-state index is 13.0. The monoisotopic (exact) mass is 456 g/mol. The molecule has 1 heterocycles. The maximum atomic E-state index is 13.0. The lowest BCUT2D eigenvalue weighted by atomic mass is 10.1. The Bertz CT molecular complexity index is 1070. The topological polar surface area (TPSA) is 92.8 Å². The summed E-state index contributed by atoms with van der Waals surface area (Å²) in [5.74, 6) is -1.01. The second-order valence-electron chi connectivity index (χ2n) is 6.43. The van der Waals surface area contributed by atoms with Crippen LogP contribution in [0.5, 0.6) is 0 Å². The Labute approximate surface area is 178 Å². The van der Waals surface area contributed by atoms with Crippen LogP contribution in [-0.4, -0.2) is 45.4 Å². The fourth-order valence-electron chi connectivity index (χ4n) is 3.03. The second-order valence-corrected chi connectivity index (χ2v) is 8.93. The van der Waals surface area contributed by atoms with Crippen LogP contribution in [0.15, 0.2) is 41.3 Å². The van der Waals surface area contributed by atoms with Gasteiger partial charge in [0.25, 0.3) is 15.9 Å². The van der Waals surface area contributed by atoms with Crippen molar-refractivity contribution in [3.8, 4) is 0 Å². The van der Waals surface area contributed by atoms with Crippen LogP contribution in [0.3, 0.4) is 0 Å². The highest BCUT2D eigenvalue weighted by Gasteiger charge is 2.26. The summed E-state index contributed by atoms with van der Waals surface area (Å²) in [5.41, 5.74) is 0.246. The highest BCUT2D eigenvalue weighted by molar-refractivity contribution is 7.92. The molecule has 1 aliphatic rings. The first-order chi connectivity index (χ1) is 13.7. The average Bonchev–Trinajstić information content (AvgIpc) is 3.23. The minimum absolute atomic E-state index is 0.0294. The van der Waals surface area contributed by atoms with Crippen molar-refractivity contribution >= 4 is 50.8 Å². The van der Waals surface area contributed by atoms with Crippen molar-refractivity contribution in [3.05, 3.63) is 57.6 Å². The van der Waals surface area contributed by atoms with Crippen LogP contribution in [0, 0.1) is 0 Å². The number of methoxy groups -OCH3 is 1. The minimum atomic E-state index is -4.20. The number of sulfonamides is 1. The highest BCUT2D eigenvalue weighted by Crippen LogP contribution is 2.29. The van der Waals surface area contributed by atoms with Gasteiger partial charge < -0.3 is 9.64 Å². The zero-order valence-electron chi connectivity index (χ0n) is 15.4. The molecule has 10 heteroatoms. The normalized spacial score (nSPS) is 14.0. The summed E-state index contributed by atoms with van der Waals surface area (Å²) in [4.78, 5) is 25.9. The molecule has 0 radical (unpaired) electrons. The molecule has 0 aromatic heterocycles. The Balaban J connectivity index is 1.99. The summed E-state index contributed by atoms with van der Waals surface area (Å²) >= 11 is 12.1. The van der Waals surface area contributed by atoms with E-state index in [0.717, 1.165) is 18.9 Å². The van der Waals surface area contributed by atoms with Crippen molar-refractivity contribution in [1.29, 1.82) is 0 Å². The third-order valence-corrected chi connectivity index (χ3v) is 6.57. The Hall–Kier alpha value is -2.29. The number of rotatable bonds is 5. The molecule has 0 unspecified atom stereocenters. The first-order valence-electron chi connectivity index (χ1n) is 8.72. The van der Waals surface area contributed by atoms with Crippen molar-refractivity contribution in [1.82, 2.24) is 4.90 Å². The van der Waals surface area contributed by atoms with Crippen LogP contribution in [0.4, 0.5) is 5.69 Å². The van der Waals surface area contributed by atoms with E-state index in [2.05, 4.69) is 9.46 Å². The van der Waals surface area contributed by atoms with E-state index >= 15 is 0 Å². The number of halogens is 2. The number of esters is 1.